The van der Waals surface area contributed by atoms with Crippen LogP contribution in [0.2, 0.25) is 0 Å². The zero-order valence-electron chi connectivity index (χ0n) is 14.2. The molecule has 3 aliphatic rings. The summed E-state index contributed by atoms with van der Waals surface area (Å²) in [6.07, 6.45) is 1.76. The molecule has 1 N–H and O–H groups in total. The molecule has 0 saturated carbocycles. The van der Waals surface area contributed by atoms with Crippen molar-refractivity contribution in [2.45, 2.75) is 31.0 Å². The Bertz CT molecular complexity index is 746. The van der Waals surface area contributed by atoms with Gasteiger partial charge in [-0.2, -0.15) is 0 Å². The first-order chi connectivity index (χ1) is 11.6. The maximum atomic E-state index is 11.3. The third-order valence-electron chi connectivity index (χ3n) is 5.38. The molecule has 126 valence electrons. The highest BCUT2D eigenvalue weighted by Gasteiger charge is 2.47. The molecular weight excluding hydrogens is 302 g/mol. The Balaban J connectivity index is 1.74. The van der Waals surface area contributed by atoms with Crippen molar-refractivity contribution in [1.29, 1.82) is 0 Å². The third kappa shape index (κ3) is 2.38. The van der Waals surface area contributed by atoms with Crippen molar-refractivity contribution in [3.8, 4) is 11.5 Å². The van der Waals surface area contributed by atoms with Crippen molar-refractivity contribution in [2.24, 2.45) is 0 Å². The molecule has 2 heterocycles. The summed E-state index contributed by atoms with van der Waals surface area (Å²) < 4.78 is 10.9. The highest BCUT2D eigenvalue weighted by atomic mass is 16.5. The Kier molecular flexibility index (Phi) is 3.74. The first-order valence-corrected chi connectivity index (χ1v) is 8.41. The normalized spacial score (nSPS) is 25.4. The average Bonchev–Trinajstić information content (AvgIpc) is 2.61. The lowest BCUT2D eigenvalue weighted by atomic mass is 9.71. The number of fused-ring (bicyclic) bond motifs is 2. The second-order valence-electron chi connectivity index (χ2n) is 6.77. The van der Waals surface area contributed by atoms with Crippen molar-refractivity contribution >= 4 is 0 Å². The molecule has 2 unspecified atom stereocenters. The zero-order valence-corrected chi connectivity index (χ0v) is 14.2. The summed E-state index contributed by atoms with van der Waals surface area (Å²) in [5.41, 5.74) is 2.64. The number of nitrogens with zero attached hydrogens (tertiary/aromatic N) is 1. The summed E-state index contributed by atoms with van der Waals surface area (Å²) in [5, 5.41) is 11.3. The first kappa shape index (κ1) is 15.5. The van der Waals surface area contributed by atoms with Crippen molar-refractivity contribution < 1.29 is 14.6 Å². The van der Waals surface area contributed by atoms with Gasteiger partial charge in [0.05, 0.1) is 14.2 Å². The standard InChI is InChI=1S/C20H23NO3/c1-23-18-10-15-16(11-19(18)24-2)20(22)9-8-17(15)21(13-20)12-14-6-4-3-5-7-14/h3-7,10-11,17,22H,8-9,12-13H2,1-2H3. The molecule has 4 nitrogen and oxygen atoms in total. The van der Waals surface area contributed by atoms with E-state index in [1.54, 1.807) is 14.2 Å². The maximum Gasteiger partial charge on any atom is 0.161 e. The second kappa shape index (κ2) is 5.80. The van der Waals surface area contributed by atoms with Gasteiger partial charge in [-0.25, -0.2) is 0 Å². The fraction of sp³-hybridized carbons (Fsp3) is 0.400. The number of methoxy groups -OCH3 is 2. The quantitative estimate of drug-likeness (QED) is 0.937. The second-order valence-corrected chi connectivity index (χ2v) is 6.77. The predicted octanol–water partition coefficient (Wildman–Crippen LogP) is 3.24. The number of benzene rings is 2. The number of piperidine rings is 1. The summed E-state index contributed by atoms with van der Waals surface area (Å²) in [4.78, 5) is 2.38. The first-order valence-electron chi connectivity index (χ1n) is 8.41. The highest BCUT2D eigenvalue weighted by Crippen LogP contribution is 2.52. The minimum Gasteiger partial charge on any atom is -0.493 e. The minimum absolute atomic E-state index is 0.314. The number of aliphatic hydroxyl groups is 1. The molecule has 2 atom stereocenters. The molecule has 0 amide bonds. The van der Waals surface area contributed by atoms with E-state index in [2.05, 4.69) is 29.2 Å². The Labute approximate surface area is 142 Å². The van der Waals surface area contributed by atoms with Crippen LogP contribution in [-0.4, -0.2) is 30.8 Å². The van der Waals surface area contributed by atoms with Crippen LogP contribution in [0.1, 0.15) is 35.6 Å². The van der Waals surface area contributed by atoms with E-state index < -0.39 is 5.60 Å². The van der Waals surface area contributed by atoms with Gasteiger partial charge in [-0.15, -0.1) is 0 Å². The van der Waals surface area contributed by atoms with Crippen LogP contribution in [0.5, 0.6) is 11.5 Å². The molecule has 4 heteroatoms. The molecule has 0 spiro atoms. The van der Waals surface area contributed by atoms with Crippen LogP contribution in [0, 0.1) is 0 Å². The van der Waals surface area contributed by atoms with Gasteiger partial charge in [0.25, 0.3) is 0 Å². The van der Waals surface area contributed by atoms with Crippen LogP contribution in [0.15, 0.2) is 42.5 Å². The van der Waals surface area contributed by atoms with E-state index in [4.69, 9.17) is 9.47 Å². The fourth-order valence-electron chi connectivity index (χ4n) is 4.21. The van der Waals surface area contributed by atoms with Crippen LogP contribution in [0.25, 0.3) is 0 Å². The van der Waals surface area contributed by atoms with Gasteiger partial charge in [0, 0.05) is 19.1 Å². The van der Waals surface area contributed by atoms with E-state index in [9.17, 15) is 5.11 Å². The Hall–Kier alpha value is -2.04. The van der Waals surface area contributed by atoms with Crippen molar-refractivity contribution in [3.05, 3.63) is 59.2 Å². The molecule has 5 rings (SSSR count). The lowest BCUT2D eigenvalue weighted by molar-refractivity contribution is -0.0800. The molecule has 2 bridgehead atoms. The van der Waals surface area contributed by atoms with Gasteiger partial charge in [0.1, 0.15) is 5.60 Å². The average molecular weight is 325 g/mol. The molecule has 1 saturated heterocycles. The number of rotatable bonds is 4. The van der Waals surface area contributed by atoms with Crippen LogP contribution in [0.3, 0.4) is 0 Å². The number of hydrogen-bond acceptors (Lipinski definition) is 4. The van der Waals surface area contributed by atoms with Crippen LogP contribution in [-0.2, 0) is 12.1 Å². The Morgan fingerprint density at radius 3 is 2.54 bits per heavy atom. The number of hydrogen-bond donors (Lipinski definition) is 1. The molecule has 2 aromatic rings. The Morgan fingerprint density at radius 2 is 1.83 bits per heavy atom. The number of ether oxygens (including phenoxy) is 2. The molecular formula is C20H23NO3. The monoisotopic (exact) mass is 325 g/mol. The lowest BCUT2D eigenvalue weighted by Crippen LogP contribution is -2.52. The smallest absolute Gasteiger partial charge is 0.161 e. The van der Waals surface area contributed by atoms with Crippen molar-refractivity contribution in [1.82, 2.24) is 4.90 Å². The highest BCUT2D eigenvalue weighted by molar-refractivity contribution is 5.52. The van der Waals surface area contributed by atoms with E-state index in [0.717, 1.165) is 30.7 Å². The molecule has 2 aromatic carbocycles. The van der Waals surface area contributed by atoms with Gasteiger partial charge in [-0.3, -0.25) is 4.90 Å². The summed E-state index contributed by atoms with van der Waals surface area (Å²) >= 11 is 0. The van der Waals surface area contributed by atoms with E-state index >= 15 is 0 Å². The predicted molar refractivity (Wildman–Crippen MR) is 92.3 cm³/mol. The fourth-order valence-corrected chi connectivity index (χ4v) is 4.21. The molecule has 0 radical (unpaired) electrons. The Morgan fingerprint density at radius 1 is 1.12 bits per heavy atom. The third-order valence-corrected chi connectivity index (χ3v) is 5.38. The van der Waals surface area contributed by atoms with E-state index in [-0.39, 0.29) is 0 Å². The largest absolute Gasteiger partial charge is 0.493 e. The van der Waals surface area contributed by atoms with E-state index in [1.165, 1.54) is 11.1 Å². The summed E-state index contributed by atoms with van der Waals surface area (Å²) in [5.74, 6) is 1.42. The summed E-state index contributed by atoms with van der Waals surface area (Å²) in [7, 11) is 3.29. The molecule has 1 aliphatic carbocycles. The molecule has 0 aromatic heterocycles. The summed E-state index contributed by atoms with van der Waals surface area (Å²) in [6.45, 7) is 1.51. The van der Waals surface area contributed by atoms with Gasteiger partial charge >= 0.3 is 0 Å². The molecule has 24 heavy (non-hydrogen) atoms. The lowest BCUT2D eigenvalue weighted by Gasteiger charge is -2.51. The van der Waals surface area contributed by atoms with Gasteiger partial charge in [0.15, 0.2) is 11.5 Å². The van der Waals surface area contributed by atoms with Crippen molar-refractivity contribution in [3.63, 3.8) is 0 Å². The van der Waals surface area contributed by atoms with Crippen molar-refractivity contribution in [2.75, 3.05) is 20.8 Å². The topological polar surface area (TPSA) is 41.9 Å². The van der Waals surface area contributed by atoms with E-state index in [1.807, 2.05) is 18.2 Å². The SMILES string of the molecule is COc1cc2c(cc1OC)C1(O)CCC2N(Cc2ccccc2)C1. The minimum atomic E-state index is -0.807. The maximum absolute atomic E-state index is 11.3. The molecule has 1 fully saturated rings. The van der Waals surface area contributed by atoms with Crippen LogP contribution < -0.4 is 9.47 Å². The van der Waals surface area contributed by atoms with E-state index in [0.29, 0.717) is 18.3 Å². The van der Waals surface area contributed by atoms with Gasteiger partial charge in [-0.1, -0.05) is 30.3 Å². The van der Waals surface area contributed by atoms with Crippen LogP contribution in [0.4, 0.5) is 0 Å². The van der Waals surface area contributed by atoms with Gasteiger partial charge in [0.2, 0.25) is 0 Å². The van der Waals surface area contributed by atoms with Gasteiger partial charge in [-0.05, 0) is 41.7 Å². The summed E-state index contributed by atoms with van der Waals surface area (Å²) in [6, 6.07) is 14.8. The molecule has 2 aliphatic heterocycles. The zero-order chi connectivity index (χ0) is 16.7. The van der Waals surface area contributed by atoms with Gasteiger partial charge < -0.3 is 14.6 Å². The van der Waals surface area contributed by atoms with Crippen LogP contribution >= 0.6 is 0 Å².